The van der Waals surface area contributed by atoms with Gasteiger partial charge in [-0.2, -0.15) is 0 Å². The van der Waals surface area contributed by atoms with E-state index >= 15 is 0 Å². The van der Waals surface area contributed by atoms with E-state index in [-0.39, 0.29) is 22.9 Å². The average molecular weight is 473 g/mol. The number of hydrogen-bond donors (Lipinski definition) is 1. The minimum atomic E-state index is -3.64. The maximum atomic E-state index is 12.7. The third-order valence-corrected chi connectivity index (χ3v) is 7.55. The molecule has 0 atom stereocenters. The Bertz CT molecular complexity index is 1080. The van der Waals surface area contributed by atoms with Crippen LogP contribution in [0.2, 0.25) is 0 Å². The minimum absolute atomic E-state index is 0.0349. The zero-order chi connectivity index (χ0) is 24.0. The van der Waals surface area contributed by atoms with Crippen LogP contribution in [0.15, 0.2) is 53.4 Å². The van der Waals surface area contributed by atoms with E-state index in [1.165, 1.54) is 49.5 Å². The molecule has 2 aromatic carbocycles. The lowest BCUT2D eigenvalue weighted by Gasteiger charge is -2.22. The Hall–Kier alpha value is -2.75. The highest BCUT2D eigenvalue weighted by Crippen LogP contribution is 2.15. The van der Waals surface area contributed by atoms with Gasteiger partial charge in [-0.05, 0) is 37.1 Å². The molecule has 0 saturated carbocycles. The quantitative estimate of drug-likeness (QED) is 0.663. The molecule has 1 heterocycles. The van der Waals surface area contributed by atoms with Crippen molar-refractivity contribution in [2.24, 2.45) is 0 Å². The topological polar surface area (TPSA) is 90.0 Å². The highest BCUT2D eigenvalue weighted by molar-refractivity contribution is 7.89. The Labute approximate surface area is 196 Å². The summed E-state index contributed by atoms with van der Waals surface area (Å²) in [5.41, 5.74) is 2.69. The third kappa shape index (κ3) is 6.63. The van der Waals surface area contributed by atoms with Crippen molar-refractivity contribution in [2.75, 3.05) is 46.8 Å². The highest BCUT2D eigenvalue weighted by Gasteiger charge is 2.21. The van der Waals surface area contributed by atoms with Crippen LogP contribution in [-0.2, 0) is 21.4 Å². The van der Waals surface area contributed by atoms with E-state index in [2.05, 4.69) is 41.4 Å². The van der Waals surface area contributed by atoms with Gasteiger partial charge in [-0.15, -0.1) is 0 Å². The number of carbonyl (C=O) groups excluding carboxylic acids is 2. The van der Waals surface area contributed by atoms with Gasteiger partial charge in [-0.1, -0.05) is 35.9 Å². The number of amides is 2. The van der Waals surface area contributed by atoms with Crippen molar-refractivity contribution in [3.63, 3.8) is 0 Å². The highest BCUT2D eigenvalue weighted by atomic mass is 32.2. The smallest absolute Gasteiger partial charge is 0.251 e. The molecule has 1 aliphatic heterocycles. The first-order chi connectivity index (χ1) is 15.7. The summed E-state index contributed by atoms with van der Waals surface area (Å²) in [6, 6.07) is 14.3. The van der Waals surface area contributed by atoms with Crippen molar-refractivity contribution in [3.8, 4) is 0 Å². The van der Waals surface area contributed by atoms with Crippen LogP contribution in [0.5, 0.6) is 0 Å². The summed E-state index contributed by atoms with van der Waals surface area (Å²) in [5, 5.41) is 2.63. The molecule has 1 N–H and O–H groups in total. The normalized spacial score (nSPS) is 15.3. The number of benzene rings is 2. The Morgan fingerprint density at radius 1 is 1.00 bits per heavy atom. The van der Waals surface area contributed by atoms with Crippen molar-refractivity contribution in [1.29, 1.82) is 0 Å². The number of aryl methyl sites for hydroxylation is 1. The second kappa shape index (κ2) is 10.9. The van der Waals surface area contributed by atoms with Crippen LogP contribution in [0.3, 0.4) is 0 Å². The van der Waals surface area contributed by atoms with Crippen molar-refractivity contribution >= 4 is 21.8 Å². The SMILES string of the molecule is Cc1ccc(CN2CCCN(C(=O)CNC(=O)c3cccc(S(=O)(=O)N(C)C)c3)CC2)cc1. The molecule has 0 unspecified atom stereocenters. The summed E-state index contributed by atoms with van der Waals surface area (Å²) in [6.45, 7) is 5.75. The van der Waals surface area contributed by atoms with Gasteiger partial charge in [0.2, 0.25) is 15.9 Å². The van der Waals surface area contributed by atoms with E-state index in [1.54, 1.807) is 4.90 Å². The summed E-state index contributed by atoms with van der Waals surface area (Å²) in [4.78, 5) is 29.4. The second-order valence-electron chi connectivity index (χ2n) is 8.49. The van der Waals surface area contributed by atoms with Crippen LogP contribution in [0, 0.1) is 6.92 Å². The largest absolute Gasteiger partial charge is 0.343 e. The van der Waals surface area contributed by atoms with Gasteiger partial charge in [-0.25, -0.2) is 12.7 Å². The van der Waals surface area contributed by atoms with Crippen molar-refractivity contribution in [3.05, 3.63) is 65.2 Å². The van der Waals surface area contributed by atoms with E-state index in [4.69, 9.17) is 0 Å². The summed E-state index contributed by atoms with van der Waals surface area (Å²) < 4.78 is 25.7. The molecule has 2 aromatic rings. The molecule has 178 valence electrons. The van der Waals surface area contributed by atoms with Gasteiger partial charge in [0.1, 0.15) is 0 Å². The van der Waals surface area contributed by atoms with E-state index in [1.807, 2.05) is 0 Å². The average Bonchev–Trinajstić information content (AvgIpc) is 3.04. The fourth-order valence-corrected chi connectivity index (χ4v) is 4.66. The molecule has 2 amide bonds. The van der Waals surface area contributed by atoms with Gasteiger partial charge >= 0.3 is 0 Å². The molecule has 0 aromatic heterocycles. The molecule has 0 aliphatic carbocycles. The van der Waals surface area contributed by atoms with Gasteiger partial charge < -0.3 is 10.2 Å². The van der Waals surface area contributed by atoms with Gasteiger partial charge in [0.25, 0.3) is 5.91 Å². The molecule has 1 saturated heterocycles. The zero-order valence-corrected chi connectivity index (χ0v) is 20.3. The lowest BCUT2D eigenvalue weighted by molar-refractivity contribution is -0.130. The fraction of sp³-hybridized carbons (Fsp3) is 0.417. The zero-order valence-electron chi connectivity index (χ0n) is 19.5. The number of nitrogens with one attached hydrogen (secondary N) is 1. The maximum Gasteiger partial charge on any atom is 0.251 e. The van der Waals surface area contributed by atoms with Crippen LogP contribution in [0.25, 0.3) is 0 Å². The minimum Gasteiger partial charge on any atom is -0.343 e. The van der Waals surface area contributed by atoms with Crippen LogP contribution >= 0.6 is 0 Å². The number of hydrogen-bond acceptors (Lipinski definition) is 5. The molecule has 0 spiro atoms. The van der Waals surface area contributed by atoms with E-state index in [9.17, 15) is 18.0 Å². The van der Waals surface area contributed by atoms with Crippen molar-refractivity contribution in [1.82, 2.24) is 19.4 Å². The summed E-state index contributed by atoms with van der Waals surface area (Å²) in [6.07, 6.45) is 0.871. The molecule has 3 rings (SSSR count). The van der Waals surface area contributed by atoms with Crippen LogP contribution in [0.4, 0.5) is 0 Å². The number of rotatable bonds is 7. The molecule has 0 radical (unpaired) electrons. The van der Waals surface area contributed by atoms with Crippen LogP contribution in [0.1, 0.15) is 27.9 Å². The molecule has 8 nitrogen and oxygen atoms in total. The van der Waals surface area contributed by atoms with Gasteiger partial charge in [0, 0.05) is 52.4 Å². The monoisotopic (exact) mass is 472 g/mol. The predicted molar refractivity (Wildman–Crippen MR) is 127 cm³/mol. The molecular weight excluding hydrogens is 440 g/mol. The molecule has 0 bridgehead atoms. The van der Waals surface area contributed by atoms with Gasteiger partial charge in [0.15, 0.2) is 0 Å². The standard InChI is InChI=1S/C24H32N4O4S/c1-19-8-10-20(11-9-19)18-27-12-5-13-28(15-14-27)23(29)17-25-24(30)21-6-4-7-22(16-21)33(31,32)26(2)3/h4,6-11,16H,5,12-15,17-18H2,1-3H3,(H,25,30). The van der Waals surface area contributed by atoms with Crippen LogP contribution < -0.4 is 5.32 Å². The molecule has 9 heteroatoms. The van der Waals surface area contributed by atoms with Crippen molar-refractivity contribution < 1.29 is 18.0 Å². The first kappa shape index (κ1) is 24.9. The molecular formula is C24H32N4O4S. The van der Waals surface area contributed by atoms with E-state index in [0.29, 0.717) is 13.1 Å². The summed E-state index contributed by atoms with van der Waals surface area (Å²) in [5.74, 6) is -0.618. The molecule has 1 fully saturated rings. The number of sulfonamides is 1. The number of carbonyl (C=O) groups is 2. The van der Waals surface area contributed by atoms with E-state index < -0.39 is 15.9 Å². The lowest BCUT2D eigenvalue weighted by atomic mass is 10.1. The van der Waals surface area contributed by atoms with Crippen molar-refractivity contribution in [2.45, 2.75) is 24.8 Å². The van der Waals surface area contributed by atoms with Gasteiger partial charge in [-0.3, -0.25) is 14.5 Å². The third-order valence-electron chi connectivity index (χ3n) is 5.74. The fourth-order valence-electron chi connectivity index (χ4n) is 3.71. The molecule has 1 aliphatic rings. The first-order valence-electron chi connectivity index (χ1n) is 11.0. The van der Waals surface area contributed by atoms with Crippen LogP contribution in [-0.4, -0.2) is 81.2 Å². The summed E-state index contributed by atoms with van der Waals surface area (Å²) >= 11 is 0. The Balaban J connectivity index is 1.52. The summed E-state index contributed by atoms with van der Waals surface area (Å²) in [7, 11) is -0.773. The first-order valence-corrected chi connectivity index (χ1v) is 12.5. The Kier molecular flexibility index (Phi) is 8.23. The Morgan fingerprint density at radius 3 is 2.42 bits per heavy atom. The second-order valence-corrected chi connectivity index (χ2v) is 10.6. The maximum absolute atomic E-state index is 12.7. The number of nitrogens with zero attached hydrogens (tertiary/aromatic N) is 3. The lowest BCUT2D eigenvalue weighted by Crippen LogP contribution is -2.42. The molecule has 33 heavy (non-hydrogen) atoms. The Morgan fingerprint density at radius 2 is 1.73 bits per heavy atom. The predicted octanol–water partition coefficient (Wildman–Crippen LogP) is 1.71. The van der Waals surface area contributed by atoms with E-state index in [0.717, 1.165) is 30.4 Å². The van der Waals surface area contributed by atoms with Gasteiger partial charge in [0.05, 0.1) is 11.4 Å².